The lowest BCUT2D eigenvalue weighted by molar-refractivity contribution is -0.191. The number of methoxy groups -OCH3 is 2. The number of likely N-dealkylation sites (tertiary alicyclic amines) is 1. The van der Waals surface area contributed by atoms with Crippen molar-refractivity contribution in [1.82, 2.24) is 4.90 Å². The zero-order chi connectivity index (χ0) is 13.0. The van der Waals surface area contributed by atoms with E-state index < -0.39 is 0 Å². The average molecular weight is 257 g/mol. The molecule has 2 heterocycles. The van der Waals surface area contributed by atoms with Gasteiger partial charge in [0.05, 0.1) is 13.1 Å². The maximum absolute atomic E-state index is 11.6. The molecule has 1 amide bonds. The van der Waals surface area contributed by atoms with Crippen LogP contribution in [0.3, 0.4) is 0 Å². The van der Waals surface area contributed by atoms with Gasteiger partial charge < -0.3 is 19.1 Å². The van der Waals surface area contributed by atoms with E-state index in [9.17, 15) is 4.79 Å². The number of carbonyl (C=O) groups excluding carboxylic acids is 1. The van der Waals surface area contributed by atoms with Crippen molar-refractivity contribution in [2.75, 3.05) is 47.1 Å². The molecule has 0 N–H and O–H groups in total. The minimum atomic E-state index is -0.0833. The second-order valence-electron chi connectivity index (χ2n) is 5.35. The highest BCUT2D eigenvalue weighted by Gasteiger charge is 2.48. The molecule has 2 aliphatic heterocycles. The summed E-state index contributed by atoms with van der Waals surface area (Å²) in [4.78, 5) is 13.5. The van der Waals surface area contributed by atoms with Gasteiger partial charge in [-0.05, 0) is 25.2 Å². The SMILES string of the molecule is COCC[C@@H]1CCOC2(C1)CN(C(=O)COC)C2. The van der Waals surface area contributed by atoms with Crippen LogP contribution >= 0.6 is 0 Å². The number of hydrogen-bond acceptors (Lipinski definition) is 4. The van der Waals surface area contributed by atoms with Gasteiger partial charge in [0.25, 0.3) is 0 Å². The van der Waals surface area contributed by atoms with E-state index in [1.165, 1.54) is 0 Å². The second-order valence-corrected chi connectivity index (χ2v) is 5.35. The second kappa shape index (κ2) is 5.99. The summed E-state index contributed by atoms with van der Waals surface area (Å²) < 4.78 is 15.9. The molecule has 0 unspecified atom stereocenters. The number of amides is 1. The molecule has 2 aliphatic rings. The minimum Gasteiger partial charge on any atom is -0.385 e. The van der Waals surface area contributed by atoms with Crippen LogP contribution in [0.1, 0.15) is 19.3 Å². The topological polar surface area (TPSA) is 48.0 Å². The number of nitrogens with zero attached hydrogens (tertiary/aromatic N) is 1. The van der Waals surface area contributed by atoms with Crippen molar-refractivity contribution in [2.24, 2.45) is 5.92 Å². The summed E-state index contributed by atoms with van der Waals surface area (Å²) >= 11 is 0. The lowest BCUT2D eigenvalue weighted by Crippen LogP contribution is -2.67. The third-order valence-corrected chi connectivity index (χ3v) is 3.90. The Balaban J connectivity index is 1.78. The molecule has 18 heavy (non-hydrogen) atoms. The molecule has 0 aliphatic carbocycles. The smallest absolute Gasteiger partial charge is 0.248 e. The van der Waals surface area contributed by atoms with E-state index in [0.29, 0.717) is 5.92 Å². The molecule has 2 saturated heterocycles. The lowest BCUT2D eigenvalue weighted by atomic mass is 9.79. The van der Waals surface area contributed by atoms with E-state index in [4.69, 9.17) is 14.2 Å². The minimum absolute atomic E-state index is 0.0609. The molecular formula is C13H23NO4. The van der Waals surface area contributed by atoms with Gasteiger partial charge in [0.15, 0.2) is 0 Å². The highest BCUT2D eigenvalue weighted by atomic mass is 16.5. The molecule has 2 rings (SSSR count). The predicted octanol–water partition coefficient (Wildman–Crippen LogP) is 0.677. The summed E-state index contributed by atoms with van der Waals surface area (Å²) in [5.74, 6) is 0.726. The van der Waals surface area contributed by atoms with Gasteiger partial charge in [0, 0.05) is 27.4 Å². The van der Waals surface area contributed by atoms with Crippen LogP contribution in [-0.2, 0) is 19.0 Å². The van der Waals surface area contributed by atoms with Crippen LogP contribution in [0.4, 0.5) is 0 Å². The molecule has 5 heteroatoms. The Kier molecular flexibility index (Phi) is 4.59. The molecule has 0 saturated carbocycles. The Bertz CT molecular complexity index is 289. The quantitative estimate of drug-likeness (QED) is 0.726. The molecular weight excluding hydrogens is 234 g/mol. The van der Waals surface area contributed by atoms with E-state index in [1.54, 1.807) is 14.2 Å². The zero-order valence-corrected chi connectivity index (χ0v) is 11.3. The first-order chi connectivity index (χ1) is 8.69. The van der Waals surface area contributed by atoms with Gasteiger partial charge in [-0.25, -0.2) is 0 Å². The standard InChI is InChI=1S/C13H23NO4/c1-16-5-3-11-4-6-18-13(7-11)9-14(10-13)12(15)8-17-2/h11H,3-10H2,1-2H3/t11-/m1/s1. The monoisotopic (exact) mass is 257 g/mol. The summed E-state index contributed by atoms with van der Waals surface area (Å²) in [6.07, 6.45) is 3.25. The summed E-state index contributed by atoms with van der Waals surface area (Å²) in [6, 6.07) is 0. The predicted molar refractivity (Wildman–Crippen MR) is 66.4 cm³/mol. The average Bonchev–Trinajstić information content (AvgIpc) is 2.34. The third-order valence-electron chi connectivity index (χ3n) is 3.90. The van der Waals surface area contributed by atoms with Crippen LogP contribution in [0.5, 0.6) is 0 Å². The van der Waals surface area contributed by atoms with Gasteiger partial charge in [-0.1, -0.05) is 0 Å². The van der Waals surface area contributed by atoms with E-state index in [2.05, 4.69) is 0 Å². The molecule has 1 atom stereocenters. The highest BCUT2D eigenvalue weighted by Crippen LogP contribution is 2.38. The lowest BCUT2D eigenvalue weighted by Gasteiger charge is -2.53. The van der Waals surface area contributed by atoms with Crippen LogP contribution in [0.25, 0.3) is 0 Å². The van der Waals surface area contributed by atoms with E-state index in [-0.39, 0.29) is 18.1 Å². The third kappa shape index (κ3) is 3.02. The Morgan fingerprint density at radius 1 is 1.39 bits per heavy atom. The first kappa shape index (κ1) is 13.8. The van der Waals surface area contributed by atoms with Crippen LogP contribution in [-0.4, -0.2) is 63.5 Å². The summed E-state index contributed by atoms with van der Waals surface area (Å²) in [7, 11) is 3.29. The number of ether oxygens (including phenoxy) is 3. The molecule has 0 radical (unpaired) electrons. The summed E-state index contributed by atoms with van der Waals surface area (Å²) in [5.41, 5.74) is -0.0833. The molecule has 0 aromatic rings. The molecule has 1 spiro atoms. The van der Waals surface area contributed by atoms with Crippen molar-refractivity contribution in [2.45, 2.75) is 24.9 Å². The van der Waals surface area contributed by atoms with Gasteiger partial charge in [-0.3, -0.25) is 4.79 Å². The van der Waals surface area contributed by atoms with Gasteiger partial charge in [-0.2, -0.15) is 0 Å². The van der Waals surface area contributed by atoms with Crippen molar-refractivity contribution < 1.29 is 19.0 Å². The van der Waals surface area contributed by atoms with Crippen LogP contribution in [0.15, 0.2) is 0 Å². The van der Waals surface area contributed by atoms with Crippen molar-refractivity contribution in [3.63, 3.8) is 0 Å². The molecule has 0 aromatic heterocycles. The maximum Gasteiger partial charge on any atom is 0.248 e. The Hall–Kier alpha value is -0.650. The molecule has 5 nitrogen and oxygen atoms in total. The van der Waals surface area contributed by atoms with Crippen LogP contribution < -0.4 is 0 Å². The highest BCUT2D eigenvalue weighted by molar-refractivity contribution is 5.78. The maximum atomic E-state index is 11.6. The van der Waals surface area contributed by atoms with E-state index >= 15 is 0 Å². The van der Waals surface area contributed by atoms with Crippen molar-refractivity contribution in [1.29, 1.82) is 0 Å². The number of carbonyl (C=O) groups is 1. The molecule has 104 valence electrons. The van der Waals surface area contributed by atoms with Gasteiger partial charge in [0.1, 0.15) is 12.2 Å². The van der Waals surface area contributed by atoms with Crippen LogP contribution in [0.2, 0.25) is 0 Å². The van der Waals surface area contributed by atoms with Gasteiger partial charge in [0.2, 0.25) is 5.91 Å². The summed E-state index contributed by atoms with van der Waals surface area (Å²) in [6.45, 7) is 3.23. The van der Waals surface area contributed by atoms with E-state index in [0.717, 1.165) is 45.6 Å². The fourth-order valence-corrected chi connectivity index (χ4v) is 2.92. The van der Waals surface area contributed by atoms with Gasteiger partial charge in [-0.15, -0.1) is 0 Å². The molecule has 2 fully saturated rings. The number of hydrogen-bond donors (Lipinski definition) is 0. The first-order valence-corrected chi connectivity index (χ1v) is 6.59. The molecule has 0 aromatic carbocycles. The normalized spacial score (nSPS) is 26.1. The van der Waals surface area contributed by atoms with E-state index in [1.807, 2.05) is 4.90 Å². The van der Waals surface area contributed by atoms with Crippen molar-refractivity contribution in [3.8, 4) is 0 Å². The van der Waals surface area contributed by atoms with Crippen molar-refractivity contribution >= 4 is 5.91 Å². The fourth-order valence-electron chi connectivity index (χ4n) is 2.92. The molecule has 0 bridgehead atoms. The Morgan fingerprint density at radius 3 is 2.83 bits per heavy atom. The van der Waals surface area contributed by atoms with Crippen LogP contribution in [0, 0.1) is 5.92 Å². The number of rotatable bonds is 5. The fraction of sp³-hybridized carbons (Fsp3) is 0.923. The Labute approximate surface area is 108 Å². The Morgan fingerprint density at radius 2 is 2.17 bits per heavy atom. The largest absolute Gasteiger partial charge is 0.385 e. The zero-order valence-electron chi connectivity index (χ0n) is 11.3. The van der Waals surface area contributed by atoms with Gasteiger partial charge >= 0.3 is 0 Å². The summed E-state index contributed by atoms with van der Waals surface area (Å²) in [5, 5.41) is 0. The van der Waals surface area contributed by atoms with Crippen molar-refractivity contribution in [3.05, 3.63) is 0 Å². The first-order valence-electron chi connectivity index (χ1n) is 6.59.